The van der Waals surface area contributed by atoms with Gasteiger partial charge in [-0.2, -0.15) is 0 Å². The predicted molar refractivity (Wildman–Crippen MR) is 110 cm³/mol. The van der Waals surface area contributed by atoms with Crippen LogP contribution in [0.15, 0.2) is 66.7 Å². The molecule has 2 aromatic rings. The second-order valence-corrected chi connectivity index (χ2v) is 6.38. The Labute approximate surface area is 168 Å². The van der Waals surface area contributed by atoms with Gasteiger partial charge in [0, 0.05) is 17.8 Å². The summed E-state index contributed by atoms with van der Waals surface area (Å²) >= 11 is 0. The summed E-state index contributed by atoms with van der Waals surface area (Å²) in [5, 5.41) is 18.6. The third-order valence-electron chi connectivity index (χ3n) is 3.89. The van der Waals surface area contributed by atoms with Gasteiger partial charge in [0.2, 0.25) is 5.91 Å². The van der Waals surface area contributed by atoms with Gasteiger partial charge in [-0.1, -0.05) is 42.5 Å². The molecule has 0 aliphatic rings. The highest BCUT2D eigenvalue weighted by Crippen LogP contribution is 2.26. The maximum absolute atomic E-state index is 11.8. The van der Waals surface area contributed by atoms with Gasteiger partial charge in [0.25, 0.3) is 0 Å². The number of aliphatic carboxylic acids is 2. The second-order valence-electron chi connectivity index (χ2n) is 6.38. The largest absolute Gasteiger partial charge is 0.478 e. The van der Waals surface area contributed by atoms with E-state index in [1.165, 1.54) is 0 Å². The molecule has 7 N–H and O–H groups in total. The van der Waals surface area contributed by atoms with Crippen molar-refractivity contribution in [2.75, 3.05) is 12.3 Å². The van der Waals surface area contributed by atoms with Crippen molar-refractivity contribution in [3.63, 3.8) is 0 Å². The molecule has 0 aliphatic carbocycles. The molecule has 8 heteroatoms. The molecule has 0 heterocycles. The zero-order chi connectivity index (χ0) is 21.9. The van der Waals surface area contributed by atoms with Crippen molar-refractivity contribution in [3.05, 3.63) is 77.9 Å². The van der Waals surface area contributed by atoms with Gasteiger partial charge < -0.3 is 27.0 Å². The van der Waals surface area contributed by atoms with Crippen LogP contribution in [-0.2, 0) is 26.3 Å². The van der Waals surface area contributed by atoms with E-state index in [2.05, 4.69) is 5.32 Å². The smallest absolute Gasteiger partial charge is 0.328 e. The maximum atomic E-state index is 11.8. The maximum Gasteiger partial charge on any atom is 0.328 e. The number of nitrogens with two attached hydrogens (primary N) is 2. The summed E-state index contributed by atoms with van der Waals surface area (Å²) in [6.07, 6.45) is 1.76. The van der Waals surface area contributed by atoms with Crippen LogP contribution in [0, 0.1) is 0 Å². The summed E-state index contributed by atoms with van der Waals surface area (Å²) in [5.74, 6) is -2.69. The highest BCUT2D eigenvalue weighted by atomic mass is 16.4. The van der Waals surface area contributed by atoms with Crippen molar-refractivity contribution in [3.8, 4) is 0 Å². The van der Waals surface area contributed by atoms with Crippen LogP contribution in [0.4, 0.5) is 5.69 Å². The molecule has 8 nitrogen and oxygen atoms in total. The van der Waals surface area contributed by atoms with Crippen LogP contribution in [0.2, 0.25) is 0 Å². The Bertz CT molecular complexity index is 852. The third-order valence-corrected chi connectivity index (χ3v) is 3.89. The van der Waals surface area contributed by atoms with Crippen LogP contribution in [0.25, 0.3) is 0 Å². The van der Waals surface area contributed by atoms with Crippen LogP contribution in [-0.4, -0.2) is 34.6 Å². The summed E-state index contributed by atoms with van der Waals surface area (Å²) in [5.41, 5.74) is 13.6. The van der Waals surface area contributed by atoms with Crippen molar-refractivity contribution < 1.29 is 24.6 Å². The monoisotopic (exact) mass is 399 g/mol. The van der Waals surface area contributed by atoms with E-state index < -0.39 is 17.5 Å². The zero-order valence-electron chi connectivity index (χ0n) is 16.0. The topological polar surface area (TPSA) is 156 Å². The standard InChI is InChI=1S/C17H21N3O.C4H4O4/c1-17(20-16(21)12-18,14-7-3-2-4-8-14)11-13-6-5-9-15(19)10-13;5-3(6)1-2-4(7)8/h2-10H,11-12,18-19H2,1H3,(H,20,21);1-2H,(H,5,6)(H,7,8)/b;2-1+. The summed E-state index contributed by atoms with van der Waals surface area (Å²) in [7, 11) is 0. The highest BCUT2D eigenvalue weighted by Gasteiger charge is 2.28. The lowest BCUT2D eigenvalue weighted by atomic mass is 9.85. The molecule has 1 atom stereocenters. The minimum absolute atomic E-state index is 0.0284. The molecule has 0 bridgehead atoms. The Morgan fingerprint density at radius 3 is 2.07 bits per heavy atom. The van der Waals surface area contributed by atoms with Crippen LogP contribution in [0.1, 0.15) is 18.1 Å². The van der Waals surface area contributed by atoms with Crippen LogP contribution >= 0.6 is 0 Å². The van der Waals surface area contributed by atoms with Crippen LogP contribution < -0.4 is 16.8 Å². The number of amides is 1. The molecule has 0 saturated carbocycles. The Morgan fingerprint density at radius 2 is 1.59 bits per heavy atom. The molecule has 154 valence electrons. The third kappa shape index (κ3) is 8.72. The van der Waals surface area contributed by atoms with E-state index in [9.17, 15) is 14.4 Å². The number of benzene rings is 2. The van der Waals surface area contributed by atoms with Crippen molar-refractivity contribution in [2.24, 2.45) is 5.73 Å². The van der Waals surface area contributed by atoms with Gasteiger partial charge >= 0.3 is 11.9 Å². The van der Waals surface area contributed by atoms with Crippen molar-refractivity contribution in [2.45, 2.75) is 18.9 Å². The number of rotatable bonds is 7. The number of hydrogen-bond acceptors (Lipinski definition) is 5. The van der Waals surface area contributed by atoms with E-state index in [4.69, 9.17) is 21.7 Å². The van der Waals surface area contributed by atoms with E-state index >= 15 is 0 Å². The van der Waals surface area contributed by atoms with Gasteiger partial charge in [-0.15, -0.1) is 0 Å². The Morgan fingerprint density at radius 1 is 1.00 bits per heavy atom. The van der Waals surface area contributed by atoms with Gasteiger partial charge in [0.15, 0.2) is 0 Å². The molecular weight excluding hydrogens is 374 g/mol. The first-order valence-electron chi connectivity index (χ1n) is 8.71. The molecule has 2 aromatic carbocycles. The quantitative estimate of drug-likeness (QED) is 0.349. The normalized spacial score (nSPS) is 12.3. The average Bonchev–Trinajstić information content (AvgIpc) is 2.67. The van der Waals surface area contributed by atoms with Gasteiger partial charge in [-0.3, -0.25) is 4.79 Å². The molecule has 0 aromatic heterocycles. The fourth-order valence-electron chi connectivity index (χ4n) is 2.64. The first-order chi connectivity index (χ1) is 13.7. The van der Waals surface area contributed by atoms with Crippen molar-refractivity contribution >= 4 is 23.5 Å². The molecule has 0 aliphatic heterocycles. The number of hydrogen-bond donors (Lipinski definition) is 5. The van der Waals surface area contributed by atoms with Crippen LogP contribution in [0.3, 0.4) is 0 Å². The molecule has 1 unspecified atom stereocenters. The lowest BCUT2D eigenvalue weighted by molar-refractivity contribution is -0.134. The van der Waals surface area contributed by atoms with E-state index in [-0.39, 0.29) is 12.5 Å². The fourth-order valence-corrected chi connectivity index (χ4v) is 2.64. The minimum atomic E-state index is -1.26. The summed E-state index contributed by atoms with van der Waals surface area (Å²) in [4.78, 5) is 30.9. The summed E-state index contributed by atoms with van der Waals surface area (Å²) in [6, 6.07) is 17.6. The highest BCUT2D eigenvalue weighted by molar-refractivity contribution is 5.89. The molecule has 0 saturated heterocycles. The van der Waals surface area contributed by atoms with E-state index in [1.807, 2.05) is 61.5 Å². The number of carboxylic acids is 2. The molecule has 29 heavy (non-hydrogen) atoms. The van der Waals surface area contributed by atoms with E-state index in [0.717, 1.165) is 11.1 Å². The first-order valence-corrected chi connectivity index (χ1v) is 8.71. The molecule has 0 spiro atoms. The minimum Gasteiger partial charge on any atom is -0.478 e. The van der Waals surface area contributed by atoms with Gasteiger partial charge in [0.1, 0.15) is 0 Å². The molecule has 0 radical (unpaired) electrons. The molecule has 1 amide bonds. The second kappa shape index (κ2) is 11.3. The number of nitrogen functional groups attached to an aromatic ring is 1. The van der Waals surface area contributed by atoms with Crippen LogP contribution in [0.5, 0.6) is 0 Å². The van der Waals surface area contributed by atoms with Gasteiger partial charge in [-0.25, -0.2) is 9.59 Å². The lowest BCUT2D eigenvalue weighted by Gasteiger charge is -2.32. The number of anilines is 1. The number of carbonyl (C=O) groups is 3. The van der Waals surface area contributed by atoms with Crippen molar-refractivity contribution in [1.29, 1.82) is 0 Å². The molecular formula is C21H25N3O5. The van der Waals surface area contributed by atoms with Gasteiger partial charge in [0.05, 0.1) is 12.1 Å². The van der Waals surface area contributed by atoms with E-state index in [1.54, 1.807) is 0 Å². The number of nitrogens with one attached hydrogen (secondary N) is 1. The first kappa shape index (κ1) is 23.4. The number of carboxylic acid groups (broad SMARTS) is 2. The number of carbonyl (C=O) groups excluding carboxylic acids is 1. The summed E-state index contributed by atoms with van der Waals surface area (Å²) < 4.78 is 0. The van der Waals surface area contributed by atoms with E-state index in [0.29, 0.717) is 24.3 Å². The Kier molecular flexibility index (Phi) is 9.07. The lowest BCUT2D eigenvalue weighted by Crippen LogP contribution is -2.47. The average molecular weight is 399 g/mol. The predicted octanol–water partition coefficient (Wildman–Crippen LogP) is 1.51. The summed E-state index contributed by atoms with van der Waals surface area (Å²) in [6.45, 7) is 1.97. The van der Waals surface area contributed by atoms with Crippen molar-refractivity contribution in [1.82, 2.24) is 5.32 Å². The molecule has 0 fully saturated rings. The van der Waals surface area contributed by atoms with Gasteiger partial charge in [-0.05, 0) is 36.6 Å². The Balaban J connectivity index is 0.000000447. The Hall–Kier alpha value is -3.65. The SMILES string of the molecule is CC(Cc1cccc(N)c1)(NC(=O)CN)c1ccccc1.O=C(O)/C=C/C(=O)O. The fraction of sp³-hybridized carbons (Fsp3) is 0.190. The molecule has 2 rings (SSSR count). The zero-order valence-corrected chi connectivity index (χ0v) is 16.0.